The van der Waals surface area contributed by atoms with Crippen LogP contribution in [0.1, 0.15) is 13.3 Å². The third kappa shape index (κ3) is 3.91. The highest BCUT2D eigenvalue weighted by Gasteiger charge is 2.02. The number of hydrogen-bond acceptors (Lipinski definition) is 4. The summed E-state index contributed by atoms with van der Waals surface area (Å²) in [6, 6.07) is 5.77. The Morgan fingerprint density at radius 2 is 2.32 bits per heavy atom. The molecule has 0 amide bonds. The maximum absolute atomic E-state index is 5.87. The van der Waals surface area contributed by atoms with Crippen molar-refractivity contribution < 1.29 is 4.74 Å². The number of imidazole rings is 1. The number of aromatic nitrogens is 2. The number of nitrogens with two attached hydrogens (primary N) is 1. The van der Waals surface area contributed by atoms with Crippen LogP contribution in [0.25, 0.3) is 0 Å². The summed E-state index contributed by atoms with van der Waals surface area (Å²) in [5.41, 5.74) is 7.56. The van der Waals surface area contributed by atoms with Gasteiger partial charge in [-0.3, -0.25) is 0 Å². The average Bonchev–Trinajstić information content (AvgIpc) is 2.92. The van der Waals surface area contributed by atoms with Gasteiger partial charge in [0.2, 0.25) is 0 Å². The van der Waals surface area contributed by atoms with Crippen molar-refractivity contribution in [1.29, 1.82) is 0 Å². The zero-order chi connectivity index (χ0) is 13.5. The third-order valence-electron chi connectivity index (χ3n) is 2.73. The molecule has 0 bridgehead atoms. The van der Waals surface area contributed by atoms with E-state index in [1.165, 1.54) is 0 Å². The van der Waals surface area contributed by atoms with Crippen molar-refractivity contribution in [3.63, 3.8) is 0 Å². The van der Waals surface area contributed by atoms with E-state index in [1.54, 1.807) is 12.5 Å². The van der Waals surface area contributed by atoms with Crippen LogP contribution in [0, 0.1) is 0 Å². The average molecular weight is 260 g/mol. The fourth-order valence-electron chi connectivity index (χ4n) is 1.73. The first-order valence-corrected chi connectivity index (χ1v) is 6.51. The van der Waals surface area contributed by atoms with Gasteiger partial charge in [0.05, 0.1) is 18.6 Å². The third-order valence-corrected chi connectivity index (χ3v) is 2.73. The minimum Gasteiger partial charge on any atom is -0.491 e. The standard InChI is InChI=1S/C14H20N4O/c1-2-9-19-14-10-12(3-4-13(14)15)17-6-8-18-7-5-16-11-18/h3-5,7,10-11,17H,2,6,8-9,15H2,1H3. The van der Waals surface area contributed by atoms with Crippen LogP contribution in [-0.4, -0.2) is 22.7 Å². The van der Waals surface area contributed by atoms with Gasteiger partial charge in [-0.2, -0.15) is 0 Å². The van der Waals surface area contributed by atoms with E-state index in [9.17, 15) is 0 Å². The second kappa shape index (κ2) is 6.68. The first-order chi connectivity index (χ1) is 9.29. The summed E-state index contributed by atoms with van der Waals surface area (Å²) >= 11 is 0. The van der Waals surface area contributed by atoms with Gasteiger partial charge >= 0.3 is 0 Å². The van der Waals surface area contributed by atoms with Gasteiger partial charge in [-0.05, 0) is 18.6 Å². The molecule has 2 aromatic rings. The number of nitrogens with zero attached hydrogens (tertiary/aromatic N) is 2. The monoisotopic (exact) mass is 260 g/mol. The molecule has 1 aromatic heterocycles. The van der Waals surface area contributed by atoms with Gasteiger partial charge in [0.15, 0.2) is 0 Å². The van der Waals surface area contributed by atoms with Gasteiger partial charge in [-0.15, -0.1) is 0 Å². The van der Waals surface area contributed by atoms with Crippen LogP contribution in [0.5, 0.6) is 5.75 Å². The molecule has 5 nitrogen and oxygen atoms in total. The molecule has 0 saturated carbocycles. The van der Waals surface area contributed by atoms with Crippen molar-refractivity contribution in [1.82, 2.24) is 9.55 Å². The topological polar surface area (TPSA) is 65.1 Å². The number of nitrogens with one attached hydrogen (secondary N) is 1. The largest absolute Gasteiger partial charge is 0.491 e. The Morgan fingerprint density at radius 1 is 1.42 bits per heavy atom. The Morgan fingerprint density at radius 3 is 3.05 bits per heavy atom. The van der Waals surface area contributed by atoms with Gasteiger partial charge in [0, 0.05) is 37.2 Å². The van der Waals surface area contributed by atoms with Crippen LogP contribution in [-0.2, 0) is 6.54 Å². The van der Waals surface area contributed by atoms with Crippen molar-refractivity contribution in [3.8, 4) is 5.75 Å². The number of hydrogen-bond donors (Lipinski definition) is 2. The first-order valence-electron chi connectivity index (χ1n) is 6.51. The molecule has 19 heavy (non-hydrogen) atoms. The molecule has 1 aromatic carbocycles. The van der Waals surface area contributed by atoms with E-state index in [-0.39, 0.29) is 0 Å². The van der Waals surface area contributed by atoms with Crippen LogP contribution < -0.4 is 15.8 Å². The molecule has 0 spiro atoms. The van der Waals surface area contributed by atoms with Gasteiger partial charge in [0.1, 0.15) is 5.75 Å². The van der Waals surface area contributed by atoms with E-state index in [0.717, 1.165) is 30.9 Å². The lowest BCUT2D eigenvalue weighted by Gasteiger charge is -2.11. The lowest BCUT2D eigenvalue weighted by Crippen LogP contribution is -2.09. The smallest absolute Gasteiger partial charge is 0.144 e. The number of anilines is 2. The van der Waals surface area contributed by atoms with Crippen molar-refractivity contribution in [3.05, 3.63) is 36.9 Å². The lowest BCUT2D eigenvalue weighted by molar-refractivity contribution is 0.319. The molecule has 0 aliphatic heterocycles. The molecule has 2 rings (SSSR count). The van der Waals surface area contributed by atoms with Crippen LogP contribution in [0.3, 0.4) is 0 Å². The normalized spacial score (nSPS) is 10.4. The maximum Gasteiger partial charge on any atom is 0.144 e. The molecule has 3 N–H and O–H groups in total. The lowest BCUT2D eigenvalue weighted by atomic mass is 10.2. The summed E-state index contributed by atoms with van der Waals surface area (Å²) < 4.78 is 7.63. The van der Waals surface area contributed by atoms with Crippen molar-refractivity contribution in [2.24, 2.45) is 0 Å². The van der Waals surface area contributed by atoms with Gasteiger partial charge in [-0.1, -0.05) is 6.92 Å². The van der Waals surface area contributed by atoms with Crippen molar-refractivity contribution >= 4 is 11.4 Å². The SMILES string of the molecule is CCCOc1cc(NCCn2ccnc2)ccc1N. The van der Waals surface area contributed by atoms with Crippen LogP contribution >= 0.6 is 0 Å². The Bertz CT molecular complexity index is 496. The Kier molecular flexibility index (Phi) is 4.66. The maximum atomic E-state index is 5.87. The van der Waals surface area contributed by atoms with E-state index in [2.05, 4.69) is 17.2 Å². The molecule has 0 aliphatic carbocycles. The summed E-state index contributed by atoms with van der Waals surface area (Å²) in [4.78, 5) is 4.01. The van der Waals surface area contributed by atoms with E-state index in [0.29, 0.717) is 12.3 Å². The van der Waals surface area contributed by atoms with E-state index in [4.69, 9.17) is 10.5 Å². The molecule has 102 valence electrons. The molecule has 0 saturated heterocycles. The molecule has 0 radical (unpaired) electrons. The van der Waals surface area contributed by atoms with Crippen molar-refractivity contribution in [2.45, 2.75) is 19.9 Å². The Hall–Kier alpha value is -2.17. The number of benzene rings is 1. The molecule has 5 heteroatoms. The fourth-order valence-corrected chi connectivity index (χ4v) is 1.73. The van der Waals surface area contributed by atoms with E-state index >= 15 is 0 Å². The molecule has 0 aliphatic rings. The number of rotatable bonds is 7. The first kappa shape index (κ1) is 13.3. The van der Waals surface area contributed by atoms with Gasteiger partial charge in [0.25, 0.3) is 0 Å². The number of nitrogen functional groups attached to an aromatic ring is 1. The summed E-state index contributed by atoms with van der Waals surface area (Å²) in [6.45, 7) is 4.45. The molecular weight excluding hydrogens is 240 g/mol. The van der Waals surface area contributed by atoms with Gasteiger partial charge in [-0.25, -0.2) is 4.98 Å². The van der Waals surface area contributed by atoms with Crippen molar-refractivity contribution in [2.75, 3.05) is 24.2 Å². The van der Waals surface area contributed by atoms with Crippen LogP contribution in [0.2, 0.25) is 0 Å². The highest BCUT2D eigenvalue weighted by molar-refractivity contribution is 5.61. The Balaban J connectivity index is 1.89. The molecule has 0 atom stereocenters. The quantitative estimate of drug-likeness (QED) is 0.750. The van der Waals surface area contributed by atoms with Crippen LogP contribution in [0.15, 0.2) is 36.9 Å². The summed E-state index contributed by atoms with van der Waals surface area (Å²) in [7, 11) is 0. The summed E-state index contributed by atoms with van der Waals surface area (Å²) in [5, 5.41) is 3.34. The Labute approximate surface area is 113 Å². The second-order valence-corrected chi connectivity index (χ2v) is 4.33. The van der Waals surface area contributed by atoms with E-state index < -0.39 is 0 Å². The zero-order valence-electron chi connectivity index (χ0n) is 11.2. The van der Waals surface area contributed by atoms with E-state index in [1.807, 2.05) is 29.0 Å². The highest BCUT2D eigenvalue weighted by Crippen LogP contribution is 2.25. The molecule has 1 heterocycles. The molecule has 0 fully saturated rings. The minimum absolute atomic E-state index is 0.675. The second-order valence-electron chi connectivity index (χ2n) is 4.33. The van der Waals surface area contributed by atoms with Gasteiger partial charge < -0.3 is 20.4 Å². The fraction of sp³-hybridized carbons (Fsp3) is 0.357. The highest BCUT2D eigenvalue weighted by atomic mass is 16.5. The minimum atomic E-state index is 0.675. The number of ether oxygens (including phenoxy) is 1. The predicted molar refractivity (Wildman–Crippen MR) is 77.4 cm³/mol. The predicted octanol–water partition coefficient (Wildman–Crippen LogP) is 2.37. The van der Waals surface area contributed by atoms with Crippen LogP contribution in [0.4, 0.5) is 11.4 Å². The summed E-state index contributed by atoms with van der Waals surface area (Å²) in [5.74, 6) is 0.745. The molecule has 0 unspecified atom stereocenters. The summed E-state index contributed by atoms with van der Waals surface area (Å²) in [6.07, 6.45) is 6.50. The molecular formula is C14H20N4O. The zero-order valence-corrected chi connectivity index (χ0v) is 11.2.